The van der Waals surface area contributed by atoms with Crippen LogP contribution < -0.4 is 0 Å². The van der Waals surface area contributed by atoms with E-state index >= 15 is 0 Å². The van der Waals surface area contributed by atoms with Crippen LogP contribution in [0.3, 0.4) is 0 Å². The van der Waals surface area contributed by atoms with E-state index in [0.717, 1.165) is 11.4 Å². The van der Waals surface area contributed by atoms with Crippen LogP contribution in [-0.2, 0) is 14.8 Å². The number of hydrogen-bond donors (Lipinski definition) is 0. The molecule has 0 aromatic carbocycles. The second kappa shape index (κ2) is 5.38. The Morgan fingerprint density at radius 1 is 1.25 bits per heavy atom. The van der Waals surface area contributed by atoms with Crippen molar-refractivity contribution < 1.29 is 13.2 Å². The van der Waals surface area contributed by atoms with Crippen molar-refractivity contribution in [2.45, 2.75) is 17.2 Å². The number of ether oxygens (including phenoxy) is 1. The molecule has 2 saturated heterocycles. The van der Waals surface area contributed by atoms with E-state index in [4.69, 9.17) is 4.74 Å². The molecule has 2 aliphatic rings. The third-order valence-electron chi connectivity index (χ3n) is 4.02. The van der Waals surface area contributed by atoms with E-state index in [2.05, 4.69) is 11.9 Å². The van der Waals surface area contributed by atoms with E-state index in [1.54, 1.807) is 10.4 Å². The fourth-order valence-corrected chi connectivity index (χ4v) is 5.87. The predicted octanol–water partition coefficient (Wildman–Crippen LogP) is 1.01. The highest BCUT2D eigenvalue weighted by Crippen LogP contribution is 2.28. The fourth-order valence-electron chi connectivity index (χ4n) is 2.88. The molecule has 0 unspecified atom stereocenters. The van der Waals surface area contributed by atoms with E-state index < -0.39 is 10.0 Å². The smallest absolute Gasteiger partial charge is 0.252 e. The normalized spacial score (nSPS) is 29.3. The van der Waals surface area contributed by atoms with Crippen LogP contribution in [0.2, 0.25) is 0 Å². The Kier molecular flexibility index (Phi) is 3.89. The highest BCUT2D eigenvalue weighted by atomic mass is 32.2. The summed E-state index contributed by atoms with van der Waals surface area (Å²) in [6.07, 6.45) is 0. The minimum Gasteiger partial charge on any atom is -0.379 e. The third-order valence-corrected chi connectivity index (χ3v) is 7.32. The largest absolute Gasteiger partial charge is 0.379 e. The molecule has 1 aromatic heterocycles. The molecule has 0 saturated carbocycles. The number of rotatable bonds is 2. The summed E-state index contributed by atoms with van der Waals surface area (Å²) in [5, 5.41) is 0. The van der Waals surface area contributed by atoms with Crippen molar-refractivity contribution in [2.75, 3.05) is 39.9 Å². The van der Waals surface area contributed by atoms with Gasteiger partial charge in [0.05, 0.1) is 13.2 Å². The minimum atomic E-state index is -3.36. The van der Waals surface area contributed by atoms with Crippen molar-refractivity contribution in [3.63, 3.8) is 0 Å². The van der Waals surface area contributed by atoms with Crippen LogP contribution in [0.4, 0.5) is 0 Å². The molecule has 112 valence electrons. The van der Waals surface area contributed by atoms with Crippen molar-refractivity contribution in [2.24, 2.45) is 5.92 Å². The number of fused-ring (bicyclic) bond motifs is 3. The Hall–Kier alpha value is -0.470. The lowest BCUT2D eigenvalue weighted by Crippen LogP contribution is -2.44. The Labute approximate surface area is 124 Å². The average molecular weight is 316 g/mol. The first-order valence-corrected chi connectivity index (χ1v) is 9.07. The second-order valence-electron chi connectivity index (χ2n) is 5.68. The third kappa shape index (κ3) is 2.65. The molecule has 3 heterocycles. The highest BCUT2D eigenvalue weighted by Gasteiger charge is 2.37. The maximum absolute atomic E-state index is 12.8. The molecule has 7 heteroatoms. The van der Waals surface area contributed by atoms with Gasteiger partial charge >= 0.3 is 0 Å². The van der Waals surface area contributed by atoms with Gasteiger partial charge in [-0.1, -0.05) is 0 Å². The zero-order valence-corrected chi connectivity index (χ0v) is 13.4. The van der Waals surface area contributed by atoms with E-state index in [0.29, 0.717) is 30.5 Å². The monoisotopic (exact) mass is 316 g/mol. The lowest BCUT2D eigenvalue weighted by molar-refractivity contribution is 0.0728. The molecule has 2 atom stereocenters. The molecule has 0 aliphatic carbocycles. The topological polar surface area (TPSA) is 49.9 Å². The SMILES string of the molecule is Cc1ccc(S(=O)(=O)N2C[C@@H]3COC[C@H](C2)N(C)C3)s1. The molecule has 2 bridgehead atoms. The van der Waals surface area contributed by atoms with E-state index in [1.165, 1.54) is 11.3 Å². The molecule has 2 fully saturated rings. The lowest BCUT2D eigenvalue weighted by Gasteiger charge is -2.28. The molecule has 2 aliphatic heterocycles. The number of nitrogens with zero attached hydrogens (tertiary/aromatic N) is 2. The molecule has 0 spiro atoms. The van der Waals surface area contributed by atoms with Crippen molar-refractivity contribution in [1.82, 2.24) is 9.21 Å². The Bertz CT molecular complexity index is 584. The van der Waals surface area contributed by atoms with Gasteiger partial charge in [0.25, 0.3) is 10.0 Å². The summed E-state index contributed by atoms with van der Waals surface area (Å²) in [6.45, 7) is 5.17. The van der Waals surface area contributed by atoms with Crippen LogP contribution in [0.15, 0.2) is 16.3 Å². The summed E-state index contributed by atoms with van der Waals surface area (Å²) in [5.74, 6) is 0.253. The number of sulfonamides is 1. The average Bonchev–Trinajstić information content (AvgIpc) is 2.63. The molecule has 0 amide bonds. The van der Waals surface area contributed by atoms with E-state index in [9.17, 15) is 8.42 Å². The first kappa shape index (κ1) is 14.5. The number of aryl methyl sites for hydroxylation is 1. The van der Waals surface area contributed by atoms with Crippen LogP contribution in [0.1, 0.15) is 4.88 Å². The Balaban J connectivity index is 1.90. The maximum Gasteiger partial charge on any atom is 0.252 e. The zero-order chi connectivity index (χ0) is 14.3. The van der Waals surface area contributed by atoms with Gasteiger partial charge in [0, 0.05) is 36.5 Å². The molecule has 3 rings (SSSR count). The molecule has 20 heavy (non-hydrogen) atoms. The maximum atomic E-state index is 12.8. The van der Waals surface area contributed by atoms with Crippen LogP contribution in [-0.4, -0.2) is 63.6 Å². The quantitative estimate of drug-likeness (QED) is 0.817. The summed E-state index contributed by atoms with van der Waals surface area (Å²) in [7, 11) is -1.31. The minimum absolute atomic E-state index is 0.151. The molecular weight excluding hydrogens is 296 g/mol. The summed E-state index contributed by atoms with van der Waals surface area (Å²) < 4.78 is 33.3. The first-order valence-electron chi connectivity index (χ1n) is 6.81. The van der Waals surface area contributed by atoms with Crippen LogP contribution in [0, 0.1) is 12.8 Å². The van der Waals surface area contributed by atoms with Crippen LogP contribution in [0.25, 0.3) is 0 Å². The number of likely N-dealkylation sites (N-methyl/N-ethyl adjacent to an activating group) is 1. The van der Waals surface area contributed by atoms with Crippen molar-refractivity contribution in [1.29, 1.82) is 0 Å². The van der Waals surface area contributed by atoms with Crippen LogP contribution >= 0.6 is 11.3 Å². The van der Waals surface area contributed by atoms with Gasteiger partial charge in [-0.15, -0.1) is 11.3 Å². The second-order valence-corrected chi connectivity index (χ2v) is 9.14. The van der Waals surface area contributed by atoms with Gasteiger partial charge in [-0.25, -0.2) is 8.42 Å². The Morgan fingerprint density at radius 3 is 2.75 bits per heavy atom. The van der Waals surface area contributed by atoms with E-state index in [-0.39, 0.29) is 12.0 Å². The lowest BCUT2D eigenvalue weighted by atomic mass is 10.1. The van der Waals surface area contributed by atoms with Crippen molar-refractivity contribution in [3.05, 3.63) is 17.0 Å². The van der Waals surface area contributed by atoms with Gasteiger partial charge in [0.15, 0.2) is 0 Å². The Morgan fingerprint density at radius 2 is 2.05 bits per heavy atom. The molecule has 0 N–H and O–H groups in total. The first-order chi connectivity index (χ1) is 9.46. The number of thiophene rings is 1. The van der Waals surface area contributed by atoms with Gasteiger partial charge in [0.2, 0.25) is 0 Å². The van der Waals surface area contributed by atoms with Gasteiger partial charge in [-0.05, 0) is 26.1 Å². The molecular formula is C13H20N2O3S2. The van der Waals surface area contributed by atoms with E-state index in [1.807, 2.05) is 13.0 Å². The standard InChI is InChI=1S/C13H20N2O3S2/c1-10-3-4-13(19-10)20(16,17)15-6-11-5-14(2)12(7-15)9-18-8-11/h3-4,11-12H,5-9H2,1-2H3/t11-,12+/m1/s1. The van der Waals surface area contributed by atoms with Crippen LogP contribution in [0.5, 0.6) is 0 Å². The molecule has 5 nitrogen and oxygen atoms in total. The summed E-state index contributed by atoms with van der Waals surface area (Å²) >= 11 is 1.35. The van der Waals surface area contributed by atoms with Gasteiger partial charge in [-0.3, -0.25) is 4.90 Å². The van der Waals surface area contributed by atoms with Crippen molar-refractivity contribution >= 4 is 21.4 Å². The predicted molar refractivity (Wildman–Crippen MR) is 78.5 cm³/mol. The fraction of sp³-hybridized carbons (Fsp3) is 0.692. The summed E-state index contributed by atoms with van der Waals surface area (Å²) in [4.78, 5) is 3.26. The summed E-state index contributed by atoms with van der Waals surface area (Å²) in [6, 6.07) is 3.74. The number of hydrogen-bond acceptors (Lipinski definition) is 5. The zero-order valence-electron chi connectivity index (χ0n) is 11.8. The summed E-state index contributed by atoms with van der Waals surface area (Å²) in [5.41, 5.74) is 0. The van der Waals surface area contributed by atoms with Gasteiger partial charge in [0.1, 0.15) is 4.21 Å². The molecule has 0 radical (unpaired) electrons. The van der Waals surface area contributed by atoms with Crippen molar-refractivity contribution in [3.8, 4) is 0 Å². The molecule has 1 aromatic rings. The van der Waals surface area contributed by atoms with Gasteiger partial charge < -0.3 is 4.74 Å². The van der Waals surface area contributed by atoms with Gasteiger partial charge in [-0.2, -0.15) is 4.31 Å². The highest BCUT2D eigenvalue weighted by molar-refractivity contribution is 7.91.